The zero-order valence-electron chi connectivity index (χ0n) is 15.9. The molecule has 3 rings (SSSR count). The summed E-state index contributed by atoms with van der Waals surface area (Å²) in [7, 11) is 0. The molecule has 2 aromatic carbocycles. The Labute approximate surface area is 174 Å². The topological polar surface area (TPSA) is 97.4 Å². The molecule has 0 aliphatic heterocycles. The highest BCUT2D eigenvalue weighted by Gasteiger charge is 2.09. The Morgan fingerprint density at radius 2 is 1.66 bits per heavy atom. The lowest BCUT2D eigenvalue weighted by atomic mass is 10.0. The molecule has 0 aliphatic rings. The van der Waals surface area contributed by atoms with Crippen LogP contribution in [-0.4, -0.2) is 9.97 Å². The van der Waals surface area contributed by atoms with Gasteiger partial charge in [-0.05, 0) is 73.0 Å². The molecular weight excluding hydrogens is 384 g/mol. The van der Waals surface area contributed by atoms with Crippen LogP contribution in [0.4, 0.5) is 23.1 Å². The minimum absolute atomic E-state index is 0.294. The molecule has 0 amide bonds. The van der Waals surface area contributed by atoms with E-state index < -0.39 is 0 Å². The molecule has 0 spiro atoms. The normalized spacial score (nSPS) is 10.4. The van der Waals surface area contributed by atoms with Crippen LogP contribution in [0, 0.1) is 36.5 Å². The third kappa shape index (κ3) is 5.10. The van der Waals surface area contributed by atoms with E-state index in [4.69, 9.17) is 22.1 Å². The summed E-state index contributed by atoms with van der Waals surface area (Å²) in [6, 6.07) is 16.7. The number of allylic oxidation sites excluding steroid dienone is 1. The Kier molecular flexibility index (Phi) is 6.09. The second-order valence-corrected chi connectivity index (χ2v) is 6.72. The maximum absolute atomic E-state index is 8.90. The van der Waals surface area contributed by atoms with E-state index in [1.54, 1.807) is 36.4 Å². The van der Waals surface area contributed by atoms with Gasteiger partial charge in [0.1, 0.15) is 11.0 Å². The Bertz CT molecular complexity index is 1130. The number of nitrogens with zero attached hydrogens (tertiary/aromatic N) is 4. The van der Waals surface area contributed by atoms with Crippen molar-refractivity contribution in [3.8, 4) is 12.1 Å². The van der Waals surface area contributed by atoms with Crippen molar-refractivity contribution < 1.29 is 0 Å². The second-order valence-electron chi connectivity index (χ2n) is 6.33. The molecule has 0 radical (unpaired) electrons. The molecule has 1 aromatic heterocycles. The highest BCUT2D eigenvalue weighted by Crippen LogP contribution is 2.27. The summed E-state index contributed by atoms with van der Waals surface area (Å²) < 4.78 is 0. The molecular formula is C22H17ClN6. The molecule has 142 valence electrons. The van der Waals surface area contributed by atoms with E-state index in [1.807, 2.05) is 32.0 Å². The van der Waals surface area contributed by atoms with E-state index in [2.05, 4.69) is 26.7 Å². The lowest BCUT2D eigenvalue weighted by Crippen LogP contribution is -2.03. The second kappa shape index (κ2) is 8.88. The van der Waals surface area contributed by atoms with Crippen molar-refractivity contribution in [1.82, 2.24) is 9.97 Å². The summed E-state index contributed by atoms with van der Waals surface area (Å²) >= 11 is 6.18. The van der Waals surface area contributed by atoms with E-state index in [0.29, 0.717) is 22.5 Å². The molecule has 1 heterocycles. The average molecular weight is 401 g/mol. The van der Waals surface area contributed by atoms with E-state index >= 15 is 0 Å². The van der Waals surface area contributed by atoms with Crippen molar-refractivity contribution in [2.24, 2.45) is 0 Å². The van der Waals surface area contributed by atoms with Crippen LogP contribution in [-0.2, 0) is 0 Å². The third-order valence-electron chi connectivity index (χ3n) is 4.12. The number of aromatic nitrogens is 2. The summed E-state index contributed by atoms with van der Waals surface area (Å²) in [5, 5.41) is 24.3. The van der Waals surface area contributed by atoms with Crippen molar-refractivity contribution >= 4 is 40.8 Å². The van der Waals surface area contributed by atoms with Gasteiger partial charge in [-0.1, -0.05) is 11.6 Å². The van der Waals surface area contributed by atoms with Gasteiger partial charge in [0.2, 0.25) is 5.95 Å². The van der Waals surface area contributed by atoms with Crippen LogP contribution >= 0.6 is 11.6 Å². The van der Waals surface area contributed by atoms with Crippen LogP contribution in [0.5, 0.6) is 0 Å². The van der Waals surface area contributed by atoms with Crippen LogP contribution in [0.3, 0.4) is 0 Å². The largest absolute Gasteiger partial charge is 0.340 e. The Hall–Kier alpha value is -3.87. The number of hydrogen-bond acceptors (Lipinski definition) is 6. The van der Waals surface area contributed by atoms with Crippen LogP contribution in [0.25, 0.3) is 6.08 Å². The SMILES string of the molecule is Cc1cc(/C=C/C#N)cc(C)c1Nc1cc(Cl)nc(Nc2ccc(C#N)cc2)n1. The molecule has 6 nitrogen and oxygen atoms in total. The molecule has 0 bridgehead atoms. The Morgan fingerprint density at radius 3 is 2.28 bits per heavy atom. The van der Waals surface area contributed by atoms with Crippen molar-refractivity contribution in [2.45, 2.75) is 13.8 Å². The maximum Gasteiger partial charge on any atom is 0.230 e. The number of benzene rings is 2. The highest BCUT2D eigenvalue weighted by atomic mass is 35.5. The zero-order valence-corrected chi connectivity index (χ0v) is 16.6. The summed E-state index contributed by atoms with van der Waals surface area (Å²) in [6.07, 6.45) is 3.22. The number of anilines is 4. The molecule has 3 aromatic rings. The molecule has 0 aliphatic carbocycles. The van der Waals surface area contributed by atoms with E-state index in [1.165, 1.54) is 6.08 Å². The Balaban J connectivity index is 1.86. The standard InChI is InChI=1S/C22H17ClN6/c1-14-10-17(4-3-9-24)11-15(2)21(14)28-20-12-19(23)27-22(29-20)26-18-7-5-16(13-25)6-8-18/h3-8,10-12H,1-2H3,(H2,26,27,28,29)/b4-3+. The number of hydrogen-bond donors (Lipinski definition) is 2. The fourth-order valence-corrected chi connectivity index (χ4v) is 3.03. The first-order valence-electron chi connectivity index (χ1n) is 8.74. The van der Waals surface area contributed by atoms with Gasteiger partial charge >= 0.3 is 0 Å². The number of nitriles is 2. The summed E-state index contributed by atoms with van der Waals surface area (Å²) in [4.78, 5) is 8.69. The predicted molar refractivity (Wildman–Crippen MR) is 115 cm³/mol. The molecule has 0 saturated carbocycles. The molecule has 0 saturated heterocycles. The van der Waals surface area contributed by atoms with Gasteiger partial charge in [0.25, 0.3) is 0 Å². The maximum atomic E-state index is 8.90. The Morgan fingerprint density at radius 1 is 0.966 bits per heavy atom. The van der Waals surface area contributed by atoms with Crippen molar-refractivity contribution in [1.29, 1.82) is 10.5 Å². The highest BCUT2D eigenvalue weighted by molar-refractivity contribution is 6.29. The molecule has 2 N–H and O–H groups in total. The van der Waals surface area contributed by atoms with Crippen molar-refractivity contribution in [3.05, 3.63) is 75.9 Å². The van der Waals surface area contributed by atoms with Gasteiger partial charge < -0.3 is 10.6 Å². The van der Waals surface area contributed by atoms with Gasteiger partial charge in [0.15, 0.2) is 0 Å². The van der Waals surface area contributed by atoms with Crippen LogP contribution < -0.4 is 10.6 Å². The van der Waals surface area contributed by atoms with Gasteiger partial charge in [-0.25, -0.2) is 4.98 Å². The van der Waals surface area contributed by atoms with Gasteiger partial charge in [0.05, 0.1) is 17.7 Å². The van der Waals surface area contributed by atoms with Crippen molar-refractivity contribution in [2.75, 3.05) is 10.6 Å². The first-order chi connectivity index (χ1) is 14.0. The fourth-order valence-electron chi connectivity index (χ4n) is 2.85. The van der Waals surface area contributed by atoms with Gasteiger partial charge in [-0.2, -0.15) is 15.5 Å². The smallest absolute Gasteiger partial charge is 0.230 e. The lowest BCUT2D eigenvalue weighted by Gasteiger charge is -2.14. The number of nitrogens with one attached hydrogen (secondary N) is 2. The minimum atomic E-state index is 0.294. The first kappa shape index (κ1) is 19.9. The molecule has 7 heteroatoms. The van der Waals surface area contributed by atoms with Crippen LogP contribution in [0.2, 0.25) is 5.15 Å². The van der Waals surface area contributed by atoms with Gasteiger partial charge in [0, 0.05) is 23.5 Å². The minimum Gasteiger partial charge on any atom is -0.340 e. The molecule has 29 heavy (non-hydrogen) atoms. The number of halogens is 1. The first-order valence-corrected chi connectivity index (χ1v) is 9.12. The fraction of sp³-hybridized carbons (Fsp3) is 0.0909. The molecule has 0 fully saturated rings. The van der Waals surface area contributed by atoms with Gasteiger partial charge in [-0.3, -0.25) is 0 Å². The zero-order chi connectivity index (χ0) is 20.8. The van der Waals surface area contributed by atoms with E-state index in [-0.39, 0.29) is 0 Å². The average Bonchev–Trinajstić information content (AvgIpc) is 2.69. The number of rotatable bonds is 5. The summed E-state index contributed by atoms with van der Waals surface area (Å²) in [5.41, 5.74) is 5.22. The quantitative estimate of drug-likeness (QED) is 0.424. The monoisotopic (exact) mass is 400 g/mol. The predicted octanol–water partition coefficient (Wildman–Crippen LogP) is 5.64. The summed E-state index contributed by atoms with van der Waals surface area (Å²) in [6.45, 7) is 3.97. The van der Waals surface area contributed by atoms with Crippen LogP contribution in [0.1, 0.15) is 22.3 Å². The summed E-state index contributed by atoms with van der Waals surface area (Å²) in [5.74, 6) is 0.890. The lowest BCUT2D eigenvalue weighted by molar-refractivity contribution is 1.16. The molecule has 0 atom stereocenters. The van der Waals surface area contributed by atoms with E-state index in [9.17, 15) is 0 Å². The molecule has 0 unspecified atom stereocenters. The van der Waals surface area contributed by atoms with E-state index in [0.717, 1.165) is 28.1 Å². The van der Waals surface area contributed by atoms with Crippen molar-refractivity contribution in [3.63, 3.8) is 0 Å². The third-order valence-corrected chi connectivity index (χ3v) is 4.32. The van der Waals surface area contributed by atoms with Crippen LogP contribution in [0.15, 0.2) is 48.5 Å². The van der Waals surface area contributed by atoms with Gasteiger partial charge in [-0.15, -0.1) is 0 Å². The number of aryl methyl sites for hydroxylation is 2.